The number of allylic oxidation sites excluding steroid dienone is 2. The molecule has 3 nitrogen and oxygen atoms in total. The number of anilines is 2. The highest BCUT2D eigenvalue weighted by Crippen LogP contribution is 2.51. The van der Waals surface area contributed by atoms with E-state index in [4.69, 9.17) is 0 Å². The van der Waals surface area contributed by atoms with E-state index in [-0.39, 0.29) is 11.3 Å². The Kier molecular flexibility index (Phi) is 5.21. The summed E-state index contributed by atoms with van der Waals surface area (Å²) in [6.07, 6.45) is 5.73. The third-order valence-electron chi connectivity index (χ3n) is 6.82. The summed E-state index contributed by atoms with van der Waals surface area (Å²) in [5.41, 5.74) is 6.64. The van der Waals surface area contributed by atoms with Gasteiger partial charge in [-0.25, -0.2) is 0 Å². The highest BCUT2D eigenvalue weighted by atomic mass is 32.1. The molecular formula is C28H30N2OS. The lowest BCUT2D eigenvalue weighted by atomic mass is 9.78. The normalized spacial score (nSPS) is 21.6. The van der Waals surface area contributed by atoms with Crippen molar-refractivity contribution < 1.29 is 4.79 Å². The zero-order valence-electron chi connectivity index (χ0n) is 19.1. The third-order valence-corrected chi connectivity index (χ3v) is 7.92. The minimum absolute atomic E-state index is 0.0696. The first kappa shape index (κ1) is 21.0. The zero-order valence-corrected chi connectivity index (χ0v) is 19.9. The van der Waals surface area contributed by atoms with Gasteiger partial charge in [-0.05, 0) is 83.1 Å². The maximum absolute atomic E-state index is 12.9. The van der Waals surface area contributed by atoms with Crippen LogP contribution in [-0.2, 0) is 5.41 Å². The summed E-state index contributed by atoms with van der Waals surface area (Å²) in [5.74, 6) is 0.816. The second-order valence-electron chi connectivity index (χ2n) is 10.0. The lowest BCUT2D eigenvalue weighted by Crippen LogP contribution is -2.29. The van der Waals surface area contributed by atoms with Gasteiger partial charge in [0.1, 0.15) is 0 Å². The van der Waals surface area contributed by atoms with Crippen molar-refractivity contribution in [3.63, 3.8) is 0 Å². The molecule has 0 fully saturated rings. The Morgan fingerprint density at radius 1 is 1.09 bits per heavy atom. The van der Waals surface area contributed by atoms with Crippen LogP contribution in [0.4, 0.5) is 11.4 Å². The third kappa shape index (κ3) is 3.77. The Balaban J connectivity index is 1.39. The van der Waals surface area contributed by atoms with Crippen molar-refractivity contribution in [1.82, 2.24) is 0 Å². The first-order chi connectivity index (χ1) is 15.3. The molecule has 1 aliphatic heterocycles. The molecule has 4 heteroatoms. The molecule has 32 heavy (non-hydrogen) atoms. The van der Waals surface area contributed by atoms with Crippen molar-refractivity contribution in [3.05, 3.63) is 93.2 Å². The molecule has 2 aliphatic rings. The van der Waals surface area contributed by atoms with E-state index in [1.807, 2.05) is 41.7 Å². The number of carbonyl (C=O) groups is 1. The average Bonchev–Trinajstić information content (AvgIpc) is 3.42. The number of aryl methyl sites for hydroxylation is 1. The predicted octanol–water partition coefficient (Wildman–Crippen LogP) is 7.43. The maximum atomic E-state index is 12.9. The Labute approximate surface area is 194 Å². The molecule has 3 atom stereocenters. The maximum Gasteiger partial charge on any atom is 0.255 e. The molecule has 2 N–H and O–H groups in total. The van der Waals surface area contributed by atoms with E-state index in [0.29, 0.717) is 23.4 Å². The quantitative estimate of drug-likeness (QED) is 0.414. The van der Waals surface area contributed by atoms with Crippen LogP contribution in [0.2, 0.25) is 0 Å². The molecule has 3 unspecified atom stereocenters. The molecule has 0 spiro atoms. The van der Waals surface area contributed by atoms with E-state index in [9.17, 15) is 4.79 Å². The molecule has 0 saturated heterocycles. The summed E-state index contributed by atoms with van der Waals surface area (Å²) >= 11 is 1.84. The second kappa shape index (κ2) is 7.93. The molecular weight excluding hydrogens is 412 g/mol. The van der Waals surface area contributed by atoms with Gasteiger partial charge in [0.25, 0.3) is 5.91 Å². The van der Waals surface area contributed by atoms with E-state index in [1.54, 1.807) is 0 Å². The smallest absolute Gasteiger partial charge is 0.255 e. The highest BCUT2D eigenvalue weighted by molar-refractivity contribution is 7.10. The Morgan fingerprint density at radius 3 is 2.56 bits per heavy atom. The van der Waals surface area contributed by atoms with Gasteiger partial charge in [-0.15, -0.1) is 11.3 Å². The minimum atomic E-state index is -0.0696. The van der Waals surface area contributed by atoms with Crippen LogP contribution in [0.15, 0.2) is 66.1 Å². The molecule has 5 rings (SSSR count). The van der Waals surface area contributed by atoms with Crippen LogP contribution in [0.3, 0.4) is 0 Å². The van der Waals surface area contributed by atoms with Crippen molar-refractivity contribution in [2.24, 2.45) is 5.92 Å². The molecule has 1 amide bonds. The predicted molar refractivity (Wildman–Crippen MR) is 135 cm³/mol. The summed E-state index contributed by atoms with van der Waals surface area (Å²) < 4.78 is 0. The monoisotopic (exact) mass is 442 g/mol. The number of hydrogen-bond acceptors (Lipinski definition) is 3. The summed E-state index contributed by atoms with van der Waals surface area (Å²) in [6, 6.07) is 16.7. The summed E-state index contributed by atoms with van der Waals surface area (Å²) in [4.78, 5) is 14.3. The van der Waals surface area contributed by atoms with Crippen molar-refractivity contribution in [2.75, 3.05) is 10.6 Å². The first-order valence-electron chi connectivity index (χ1n) is 11.3. The van der Waals surface area contributed by atoms with Crippen LogP contribution in [-0.4, -0.2) is 5.91 Å². The molecule has 2 aromatic carbocycles. The van der Waals surface area contributed by atoms with Crippen LogP contribution >= 0.6 is 11.3 Å². The van der Waals surface area contributed by atoms with E-state index in [1.165, 1.54) is 27.3 Å². The van der Waals surface area contributed by atoms with Crippen molar-refractivity contribution in [2.45, 2.75) is 51.5 Å². The van der Waals surface area contributed by atoms with Gasteiger partial charge in [0, 0.05) is 27.7 Å². The molecule has 164 valence electrons. The second-order valence-corrected chi connectivity index (χ2v) is 11.0. The topological polar surface area (TPSA) is 41.1 Å². The van der Waals surface area contributed by atoms with Crippen LogP contribution in [0.1, 0.15) is 71.1 Å². The Bertz CT molecular complexity index is 1180. The highest BCUT2D eigenvalue weighted by Gasteiger charge is 2.39. The summed E-state index contributed by atoms with van der Waals surface area (Å²) in [7, 11) is 0. The number of hydrogen-bond donors (Lipinski definition) is 2. The van der Waals surface area contributed by atoms with Crippen LogP contribution in [0, 0.1) is 12.8 Å². The fourth-order valence-corrected chi connectivity index (χ4v) is 6.01. The van der Waals surface area contributed by atoms with Crippen molar-refractivity contribution in [1.29, 1.82) is 0 Å². The molecule has 0 bridgehead atoms. The molecule has 2 heterocycles. The van der Waals surface area contributed by atoms with E-state index >= 15 is 0 Å². The number of rotatable bonds is 3. The minimum Gasteiger partial charge on any atom is -0.377 e. The van der Waals surface area contributed by atoms with Gasteiger partial charge in [-0.2, -0.15) is 0 Å². The van der Waals surface area contributed by atoms with Gasteiger partial charge in [0.15, 0.2) is 0 Å². The fourth-order valence-electron chi connectivity index (χ4n) is 4.96. The van der Waals surface area contributed by atoms with Crippen molar-refractivity contribution >= 4 is 28.6 Å². The average molecular weight is 443 g/mol. The molecule has 0 saturated carbocycles. The lowest BCUT2D eigenvalue weighted by Gasteiger charge is -2.37. The van der Waals surface area contributed by atoms with E-state index in [0.717, 1.165) is 12.1 Å². The summed E-state index contributed by atoms with van der Waals surface area (Å²) in [6.45, 7) is 8.74. The number of carbonyl (C=O) groups excluding carboxylic acids is 1. The van der Waals surface area contributed by atoms with Gasteiger partial charge in [0.2, 0.25) is 0 Å². The zero-order chi connectivity index (χ0) is 22.5. The fraction of sp³-hybridized carbons (Fsp3) is 0.321. The molecule has 0 radical (unpaired) electrons. The Hall–Kier alpha value is -2.85. The van der Waals surface area contributed by atoms with Gasteiger partial charge >= 0.3 is 0 Å². The summed E-state index contributed by atoms with van der Waals surface area (Å²) in [5, 5.41) is 9.09. The van der Waals surface area contributed by atoms with Gasteiger partial charge in [-0.3, -0.25) is 4.79 Å². The number of amides is 1. The number of thiophene rings is 1. The molecule has 1 aromatic heterocycles. The number of nitrogens with one attached hydrogen (secondary N) is 2. The van der Waals surface area contributed by atoms with Crippen LogP contribution in [0.25, 0.3) is 0 Å². The van der Waals surface area contributed by atoms with Crippen LogP contribution < -0.4 is 10.6 Å². The number of benzene rings is 2. The molecule has 3 aromatic rings. The van der Waals surface area contributed by atoms with Crippen molar-refractivity contribution in [3.8, 4) is 0 Å². The lowest BCUT2D eigenvalue weighted by molar-refractivity contribution is 0.102. The van der Waals surface area contributed by atoms with Crippen LogP contribution in [0.5, 0.6) is 0 Å². The largest absolute Gasteiger partial charge is 0.377 e. The number of fused-ring (bicyclic) bond motifs is 3. The van der Waals surface area contributed by atoms with Gasteiger partial charge < -0.3 is 10.6 Å². The Morgan fingerprint density at radius 2 is 1.88 bits per heavy atom. The first-order valence-corrected chi connectivity index (χ1v) is 12.2. The van der Waals surface area contributed by atoms with Gasteiger partial charge in [-0.1, -0.05) is 45.1 Å². The van der Waals surface area contributed by atoms with E-state index < -0.39 is 0 Å². The SMILES string of the molecule is Cc1ccsc1C1Nc2ccc(NC(=O)c3ccc(C(C)(C)C)cc3)cc2C2C=CCC21. The van der Waals surface area contributed by atoms with E-state index in [2.05, 4.69) is 74.1 Å². The molecule has 1 aliphatic carbocycles. The van der Waals surface area contributed by atoms with Gasteiger partial charge in [0.05, 0.1) is 6.04 Å². The standard InChI is InChI=1S/C28H30N2OS/c1-17-14-15-32-26(17)25-22-7-5-6-21(22)23-16-20(12-13-24(23)30-25)29-27(31)18-8-10-19(11-9-18)28(2,3)4/h5-6,8-16,21-22,25,30H,7H2,1-4H3,(H,29,31).